The number of nitrogens with one attached hydrogen (secondary N) is 2. The van der Waals surface area contributed by atoms with Crippen LogP contribution < -0.4 is 10.6 Å². The molecule has 3 aromatic heterocycles. The van der Waals surface area contributed by atoms with Gasteiger partial charge in [-0.25, -0.2) is 4.79 Å². The number of urea groups is 1. The Bertz CT molecular complexity index is 868. The molecule has 0 atom stereocenters. The average molecular weight is 370 g/mol. The van der Waals surface area contributed by atoms with Crippen LogP contribution in [0.25, 0.3) is 5.00 Å². The number of furan rings is 1. The quantitative estimate of drug-likeness (QED) is 0.725. The van der Waals surface area contributed by atoms with Crippen molar-refractivity contribution in [3.8, 4) is 5.00 Å². The standard InChI is InChI=1S/C19H22N4O2S/c1-22-9-6-15-16(12-21-19(24)20-11-14-5-4-10-25-14)18(26-17(15)13-22)23-7-2-3-8-23/h2-5,7-8,10H,6,9,11-13H2,1H3,(H2,20,21,24). The molecule has 0 fully saturated rings. The van der Waals surface area contributed by atoms with Crippen LogP contribution in [0.5, 0.6) is 0 Å². The van der Waals surface area contributed by atoms with Crippen LogP contribution in [-0.4, -0.2) is 29.1 Å². The van der Waals surface area contributed by atoms with Gasteiger partial charge in [-0.1, -0.05) is 0 Å². The van der Waals surface area contributed by atoms with Crippen LogP contribution in [-0.2, 0) is 26.1 Å². The topological polar surface area (TPSA) is 62.4 Å². The molecule has 2 amide bonds. The summed E-state index contributed by atoms with van der Waals surface area (Å²) >= 11 is 1.82. The minimum absolute atomic E-state index is 0.187. The fourth-order valence-electron chi connectivity index (χ4n) is 3.25. The molecule has 0 spiro atoms. The number of rotatable bonds is 5. The molecule has 0 radical (unpaired) electrons. The van der Waals surface area contributed by atoms with Gasteiger partial charge in [0.2, 0.25) is 0 Å². The molecule has 4 rings (SSSR count). The fraction of sp³-hybridized carbons (Fsp3) is 0.316. The zero-order valence-electron chi connectivity index (χ0n) is 14.7. The molecule has 0 aromatic carbocycles. The Morgan fingerprint density at radius 2 is 2.04 bits per heavy atom. The highest BCUT2D eigenvalue weighted by molar-refractivity contribution is 7.14. The Balaban J connectivity index is 1.49. The third kappa shape index (κ3) is 3.54. The molecular weight excluding hydrogens is 348 g/mol. The molecule has 0 unspecified atom stereocenters. The number of fused-ring (bicyclic) bond motifs is 1. The molecule has 0 saturated carbocycles. The monoisotopic (exact) mass is 370 g/mol. The number of aromatic nitrogens is 1. The van der Waals surface area contributed by atoms with E-state index < -0.39 is 0 Å². The van der Waals surface area contributed by atoms with Crippen molar-refractivity contribution in [3.63, 3.8) is 0 Å². The Morgan fingerprint density at radius 3 is 2.81 bits per heavy atom. The first kappa shape index (κ1) is 16.9. The van der Waals surface area contributed by atoms with Crippen LogP contribution >= 0.6 is 11.3 Å². The predicted octanol–water partition coefficient (Wildman–Crippen LogP) is 3.12. The summed E-state index contributed by atoms with van der Waals surface area (Å²) < 4.78 is 7.38. The highest BCUT2D eigenvalue weighted by Gasteiger charge is 2.23. The van der Waals surface area contributed by atoms with Gasteiger partial charge in [-0.3, -0.25) is 0 Å². The minimum atomic E-state index is -0.187. The maximum absolute atomic E-state index is 12.2. The Labute approximate surface area is 156 Å². The summed E-state index contributed by atoms with van der Waals surface area (Å²) in [6.45, 7) is 2.92. The van der Waals surface area contributed by atoms with E-state index in [1.165, 1.54) is 21.0 Å². The van der Waals surface area contributed by atoms with E-state index in [1.54, 1.807) is 6.26 Å². The lowest BCUT2D eigenvalue weighted by Gasteiger charge is -2.22. The smallest absolute Gasteiger partial charge is 0.315 e. The summed E-state index contributed by atoms with van der Waals surface area (Å²) in [7, 11) is 2.15. The number of carbonyl (C=O) groups excluding carboxylic acids is 1. The molecule has 1 aliphatic rings. The lowest BCUT2D eigenvalue weighted by molar-refractivity contribution is 0.239. The molecule has 26 heavy (non-hydrogen) atoms. The Hall–Kier alpha value is -2.51. The summed E-state index contributed by atoms with van der Waals surface area (Å²) in [4.78, 5) is 15.9. The van der Waals surface area contributed by atoms with Crippen LogP contribution in [0.2, 0.25) is 0 Å². The molecule has 1 aliphatic heterocycles. The lowest BCUT2D eigenvalue weighted by Crippen LogP contribution is -2.35. The third-order valence-corrected chi connectivity index (χ3v) is 5.88. The minimum Gasteiger partial charge on any atom is -0.467 e. The van der Waals surface area contributed by atoms with E-state index in [2.05, 4.69) is 39.5 Å². The zero-order valence-corrected chi connectivity index (χ0v) is 15.5. The second-order valence-electron chi connectivity index (χ2n) is 6.48. The largest absolute Gasteiger partial charge is 0.467 e. The number of likely N-dealkylation sites (N-methyl/N-ethyl adjacent to an activating group) is 1. The summed E-state index contributed by atoms with van der Waals surface area (Å²) in [5.41, 5.74) is 2.62. The number of nitrogens with zero attached hydrogens (tertiary/aromatic N) is 2. The van der Waals surface area contributed by atoms with Gasteiger partial charge in [0.1, 0.15) is 10.8 Å². The third-order valence-electron chi connectivity index (χ3n) is 4.60. The van der Waals surface area contributed by atoms with Gasteiger partial charge in [-0.15, -0.1) is 11.3 Å². The van der Waals surface area contributed by atoms with Crippen molar-refractivity contribution >= 4 is 17.4 Å². The molecule has 6 nitrogen and oxygen atoms in total. The van der Waals surface area contributed by atoms with Crippen molar-refractivity contribution in [1.82, 2.24) is 20.1 Å². The summed E-state index contributed by atoms with van der Waals surface area (Å²) in [5.74, 6) is 0.740. The van der Waals surface area contributed by atoms with E-state index in [1.807, 2.05) is 35.6 Å². The van der Waals surface area contributed by atoms with Crippen molar-refractivity contribution in [2.75, 3.05) is 13.6 Å². The highest BCUT2D eigenvalue weighted by atomic mass is 32.1. The molecule has 0 bridgehead atoms. The number of carbonyl (C=O) groups is 1. The molecule has 2 N–H and O–H groups in total. The van der Waals surface area contributed by atoms with Crippen molar-refractivity contribution < 1.29 is 9.21 Å². The normalized spacial score (nSPS) is 14.2. The van der Waals surface area contributed by atoms with Gasteiger partial charge in [0.05, 0.1) is 12.8 Å². The van der Waals surface area contributed by atoms with E-state index in [-0.39, 0.29) is 6.03 Å². The molecule has 7 heteroatoms. The Morgan fingerprint density at radius 1 is 1.23 bits per heavy atom. The van der Waals surface area contributed by atoms with Gasteiger partial charge < -0.3 is 24.5 Å². The number of thiophene rings is 1. The van der Waals surface area contributed by atoms with Crippen LogP contribution in [0.15, 0.2) is 47.3 Å². The van der Waals surface area contributed by atoms with Crippen molar-refractivity contribution in [2.45, 2.75) is 26.1 Å². The summed E-state index contributed by atoms with van der Waals surface area (Å²) in [5, 5.41) is 7.03. The number of hydrogen-bond acceptors (Lipinski definition) is 4. The van der Waals surface area contributed by atoms with Crippen LogP contribution in [0.4, 0.5) is 4.79 Å². The van der Waals surface area contributed by atoms with Crippen LogP contribution in [0.1, 0.15) is 21.8 Å². The second-order valence-corrected chi connectivity index (χ2v) is 7.56. The van der Waals surface area contributed by atoms with E-state index in [4.69, 9.17) is 4.42 Å². The zero-order chi connectivity index (χ0) is 17.9. The summed E-state index contributed by atoms with van der Waals surface area (Å²) in [6.07, 6.45) is 6.74. The molecule has 0 aliphatic carbocycles. The SMILES string of the molecule is CN1CCc2c(sc(-n3cccc3)c2CNC(=O)NCc2ccco2)C1. The maximum Gasteiger partial charge on any atom is 0.315 e. The average Bonchev–Trinajstić information content (AvgIpc) is 3.37. The first-order chi connectivity index (χ1) is 12.7. The second kappa shape index (κ2) is 7.39. The molecule has 0 saturated heterocycles. The number of amides is 2. The van der Waals surface area contributed by atoms with Crippen molar-refractivity contribution in [2.24, 2.45) is 0 Å². The number of hydrogen-bond donors (Lipinski definition) is 2. The lowest BCUT2D eigenvalue weighted by atomic mass is 10.0. The van der Waals surface area contributed by atoms with Gasteiger partial charge in [-0.2, -0.15) is 0 Å². The molecule has 136 valence electrons. The van der Waals surface area contributed by atoms with E-state index in [0.717, 1.165) is 25.3 Å². The molecular formula is C19H22N4O2S. The van der Waals surface area contributed by atoms with Gasteiger partial charge in [-0.05, 0) is 43.3 Å². The molecule has 4 heterocycles. The van der Waals surface area contributed by atoms with Gasteiger partial charge >= 0.3 is 6.03 Å². The highest BCUT2D eigenvalue weighted by Crippen LogP contribution is 2.35. The van der Waals surface area contributed by atoms with E-state index in [9.17, 15) is 4.79 Å². The summed E-state index contributed by atoms with van der Waals surface area (Å²) in [6, 6.07) is 7.52. The predicted molar refractivity (Wildman–Crippen MR) is 101 cm³/mol. The first-order valence-electron chi connectivity index (χ1n) is 8.70. The Kier molecular flexibility index (Phi) is 4.81. The van der Waals surface area contributed by atoms with Gasteiger partial charge in [0.15, 0.2) is 0 Å². The molecule has 3 aromatic rings. The van der Waals surface area contributed by atoms with Crippen LogP contribution in [0.3, 0.4) is 0 Å². The van der Waals surface area contributed by atoms with Crippen molar-refractivity contribution in [1.29, 1.82) is 0 Å². The fourth-order valence-corrected chi connectivity index (χ4v) is 4.67. The first-order valence-corrected chi connectivity index (χ1v) is 9.52. The van der Waals surface area contributed by atoms with E-state index in [0.29, 0.717) is 13.1 Å². The van der Waals surface area contributed by atoms with Crippen LogP contribution in [0, 0.1) is 0 Å². The van der Waals surface area contributed by atoms with E-state index >= 15 is 0 Å². The van der Waals surface area contributed by atoms with Gasteiger partial charge in [0.25, 0.3) is 0 Å². The van der Waals surface area contributed by atoms with Crippen molar-refractivity contribution in [3.05, 3.63) is 64.7 Å². The maximum atomic E-state index is 12.2. The van der Waals surface area contributed by atoms with Gasteiger partial charge in [0, 0.05) is 42.5 Å².